The van der Waals surface area contributed by atoms with Crippen molar-refractivity contribution in [1.29, 1.82) is 0 Å². The summed E-state index contributed by atoms with van der Waals surface area (Å²) in [5.41, 5.74) is 1.77. The molecule has 0 spiro atoms. The lowest BCUT2D eigenvalue weighted by molar-refractivity contribution is -0.115. The number of rotatable bonds is 4. The van der Waals surface area contributed by atoms with Crippen LogP contribution >= 0.6 is 0 Å². The summed E-state index contributed by atoms with van der Waals surface area (Å²) in [5, 5.41) is 0. The van der Waals surface area contributed by atoms with Crippen molar-refractivity contribution in [3.8, 4) is 0 Å². The van der Waals surface area contributed by atoms with Crippen LogP contribution in [0.5, 0.6) is 0 Å². The van der Waals surface area contributed by atoms with Crippen LogP contribution in [-0.2, 0) is 11.2 Å². The van der Waals surface area contributed by atoms with Gasteiger partial charge in [0.1, 0.15) is 0 Å². The van der Waals surface area contributed by atoms with E-state index in [-0.39, 0.29) is 11.7 Å². The number of benzene rings is 1. The lowest BCUT2D eigenvalue weighted by atomic mass is 9.96. The van der Waals surface area contributed by atoms with E-state index in [9.17, 15) is 4.79 Å². The Morgan fingerprint density at radius 3 is 2.36 bits per heavy atom. The average molecular weight is 188 g/mol. The van der Waals surface area contributed by atoms with Crippen molar-refractivity contribution in [2.24, 2.45) is 5.92 Å². The Morgan fingerprint density at radius 1 is 1.29 bits per heavy atom. The van der Waals surface area contributed by atoms with E-state index in [1.165, 1.54) is 0 Å². The highest BCUT2D eigenvalue weighted by Gasteiger charge is 2.10. The molecule has 1 heteroatoms. The van der Waals surface area contributed by atoms with Gasteiger partial charge in [0.15, 0.2) is 5.78 Å². The summed E-state index contributed by atoms with van der Waals surface area (Å²) in [6.07, 6.45) is 0.470. The van der Waals surface area contributed by atoms with Crippen LogP contribution in [0.3, 0.4) is 0 Å². The minimum Gasteiger partial charge on any atom is -0.294 e. The van der Waals surface area contributed by atoms with Crippen molar-refractivity contribution in [3.05, 3.63) is 48.0 Å². The fourth-order valence-corrected chi connectivity index (χ4v) is 1.22. The molecule has 1 rings (SSSR count). The molecule has 0 atom stereocenters. The van der Waals surface area contributed by atoms with Gasteiger partial charge in [-0.15, -0.1) is 0 Å². The Morgan fingerprint density at radius 2 is 1.86 bits per heavy atom. The Balaban J connectivity index is 2.63. The molecular weight excluding hydrogens is 172 g/mol. The van der Waals surface area contributed by atoms with Crippen molar-refractivity contribution in [2.75, 3.05) is 0 Å². The van der Waals surface area contributed by atoms with Gasteiger partial charge in [0.25, 0.3) is 0 Å². The number of carbonyl (C=O) groups is 1. The minimum absolute atomic E-state index is 0.145. The number of ketones is 1. The van der Waals surface area contributed by atoms with Crippen LogP contribution in [0.4, 0.5) is 0 Å². The van der Waals surface area contributed by atoms with E-state index in [4.69, 9.17) is 0 Å². The van der Waals surface area contributed by atoms with Crippen molar-refractivity contribution in [2.45, 2.75) is 20.3 Å². The Labute approximate surface area is 85.5 Å². The van der Waals surface area contributed by atoms with E-state index in [0.717, 1.165) is 5.56 Å². The maximum Gasteiger partial charge on any atom is 0.162 e. The molecule has 0 radical (unpaired) electrons. The number of hydrogen-bond donors (Lipinski definition) is 0. The third-order valence-corrected chi connectivity index (χ3v) is 2.26. The second-order valence-corrected chi connectivity index (χ2v) is 3.77. The summed E-state index contributed by atoms with van der Waals surface area (Å²) in [4.78, 5) is 11.7. The fraction of sp³-hybridized carbons (Fsp3) is 0.308. The Hall–Kier alpha value is -1.37. The molecule has 0 aliphatic carbocycles. The third kappa shape index (κ3) is 2.84. The molecule has 0 N–H and O–H groups in total. The van der Waals surface area contributed by atoms with Gasteiger partial charge in [-0.3, -0.25) is 4.79 Å². The summed E-state index contributed by atoms with van der Waals surface area (Å²) < 4.78 is 0. The van der Waals surface area contributed by atoms with Crippen LogP contribution in [0.15, 0.2) is 42.5 Å². The van der Waals surface area contributed by atoms with E-state index in [2.05, 4.69) is 6.58 Å². The van der Waals surface area contributed by atoms with Gasteiger partial charge >= 0.3 is 0 Å². The maximum absolute atomic E-state index is 11.7. The lowest BCUT2D eigenvalue weighted by Gasteiger charge is -2.07. The molecule has 0 heterocycles. The minimum atomic E-state index is 0.145. The first-order valence-corrected chi connectivity index (χ1v) is 4.87. The van der Waals surface area contributed by atoms with Crippen LogP contribution in [0.25, 0.3) is 0 Å². The van der Waals surface area contributed by atoms with Crippen LogP contribution < -0.4 is 0 Å². The largest absolute Gasteiger partial charge is 0.294 e. The number of hydrogen-bond acceptors (Lipinski definition) is 1. The maximum atomic E-state index is 11.7. The number of Topliss-reactive ketones (excluding diaryl/α,β-unsaturated/α-hetero) is 1. The molecule has 0 saturated carbocycles. The molecule has 0 fully saturated rings. The molecule has 0 aliphatic heterocycles. The molecule has 0 unspecified atom stereocenters. The van der Waals surface area contributed by atoms with Gasteiger partial charge in [-0.2, -0.15) is 0 Å². The van der Waals surface area contributed by atoms with E-state index in [1.54, 1.807) is 0 Å². The molecule has 1 aromatic rings. The Kier molecular flexibility index (Phi) is 3.63. The predicted molar refractivity (Wildman–Crippen MR) is 59.1 cm³/mol. The van der Waals surface area contributed by atoms with Crippen molar-refractivity contribution in [3.63, 3.8) is 0 Å². The predicted octanol–water partition coefficient (Wildman–Crippen LogP) is 3.01. The second-order valence-electron chi connectivity index (χ2n) is 3.77. The van der Waals surface area contributed by atoms with Gasteiger partial charge < -0.3 is 0 Å². The second kappa shape index (κ2) is 4.75. The van der Waals surface area contributed by atoms with Gasteiger partial charge in [0, 0.05) is 6.42 Å². The van der Waals surface area contributed by atoms with Crippen LogP contribution in [0, 0.1) is 5.92 Å². The van der Waals surface area contributed by atoms with Crippen LogP contribution in [0.1, 0.15) is 19.4 Å². The molecule has 74 valence electrons. The summed E-state index contributed by atoms with van der Waals surface area (Å²) in [5.74, 6) is 0.386. The van der Waals surface area contributed by atoms with Gasteiger partial charge in [-0.25, -0.2) is 0 Å². The highest BCUT2D eigenvalue weighted by Crippen LogP contribution is 2.11. The van der Waals surface area contributed by atoms with Crippen LogP contribution in [0.2, 0.25) is 0 Å². The molecule has 14 heavy (non-hydrogen) atoms. The molecular formula is C13H16O. The zero-order chi connectivity index (χ0) is 10.6. The molecule has 0 bridgehead atoms. The zero-order valence-electron chi connectivity index (χ0n) is 8.79. The van der Waals surface area contributed by atoms with Crippen molar-refractivity contribution in [1.82, 2.24) is 0 Å². The first-order valence-electron chi connectivity index (χ1n) is 4.87. The summed E-state index contributed by atoms with van der Waals surface area (Å²) in [7, 11) is 0. The van der Waals surface area contributed by atoms with Crippen molar-refractivity contribution < 1.29 is 4.79 Å². The molecule has 0 saturated heterocycles. The highest BCUT2D eigenvalue weighted by atomic mass is 16.1. The standard InChI is InChI=1S/C13H16O/c1-10(2)11(3)13(14)9-12-7-5-4-6-8-12/h4-8,10H,3,9H2,1-2H3. The quantitative estimate of drug-likeness (QED) is 0.664. The zero-order valence-corrected chi connectivity index (χ0v) is 8.79. The lowest BCUT2D eigenvalue weighted by Crippen LogP contribution is -2.09. The first kappa shape index (κ1) is 10.7. The molecule has 1 aromatic carbocycles. The monoisotopic (exact) mass is 188 g/mol. The van der Waals surface area contributed by atoms with Gasteiger partial charge in [0.05, 0.1) is 0 Å². The average Bonchev–Trinajstić information content (AvgIpc) is 2.18. The van der Waals surface area contributed by atoms with Gasteiger partial charge in [0.2, 0.25) is 0 Å². The smallest absolute Gasteiger partial charge is 0.162 e. The molecule has 0 aromatic heterocycles. The SMILES string of the molecule is C=C(C(=O)Cc1ccccc1)C(C)C. The highest BCUT2D eigenvalue weighted by molar-refractivity contribution is 5.96. The summed E-state index contributed by atoms with van der Waals surface area (Å²) in [6, 6.07) is 9.77. The molecule has 0 amide bonds. The third-order valence-electron chi connectivity index (χ3n) is 2.26. The van der Waals surface area contributed by atoms with Gasteiger partial charge in [-0.05, 0) is 17.1 Å². The topological polar surface area (TPSA) is 17.1 Å². The van der Waals surface area contributed by atoms with E-state index in [1.807, 2.05) is 44.2 Å². The summed E-state index contributed by atoms with van der Waals surface area (Å²) in [6.45, 7) is 7.78. The normalized spacial score (nSPS) is 10.2. The summed E-state index contributed by atoms with van der Waals surface area (Å²) >= 11 is 0. The fourth-order valence-electron chi connectivity index (χ4n) is 1.22. The first-order chi connectivity index (χ1) is 6.61. The van der Waals surface area contributed by atoms with Crippen molar-refractivity contribution >= 4 is 5.78 Å². The number of carbonyl (C=O) groups excluding carboxylic acids is 1. The molecule has 0 aliphatic rings. The van der Waals surface area contributed by atoms with E-state index >= 15 is 0 Å². The van der Waals surface area contributed by atoms with E-state index < -0.39 is 0 Å². The Bertz CT molecular complexity index is 322. The molecule has 1 nitrogen and oxygen atoms in total. The van der Waals surface area contributed by atoms with Crippen LogP contribution in [-0.4, -0.2) is 5.78 Å². The van der Waals surface area contributed by atoms with E-state index in [0.29, 0.717) is 12.0 Å². The van der Waals surface area contributed by atoms with Gasteiger partial charge in [-0.1, -0.05) is 50.8 Å². The number of allylic oxidation sites excluding steroid dienone is 1.